The summed E-state index contributed by atoms with van der Waals surface area (Å²) in [5.74, 6) is 1.00. The van der Waals surface area contributed by atoms with Crippen LogP contribution in [0.2, 0.25) is 0 Å². The van der Waals surface area contributed by atoms with E-state index < -0.39 is 0 Å². The summed E-state index contributed by atoms with van der Waals surface area (Å²) in [6.07, 6.45) is 6.36. The summed E-state index contributed by atoms with van der Waals surface area (Å²) < 4.78 is 7.72. The van der Waals surface area contributed by atoms with E-state index in [4.69, 9.17) is 9.84 Å². The van der Waals surface area contributed by atoms with E-state index in [0.29, 0.717) is 0 Å². The van der Waals surface area contributed by atoms with Crippen molar-refractivity contribution in [2.45, 2.75) is 25.8 Å². The Morgan fingerprint density at radius 3 is 2.86 bits per heavy atom. The maximum Gasteiger partial charge on any atom is 0.115 e. The highest BCUT2D eigenvalue weighted by atomic mass is 16.5. The number of rotatable bonds is 5. The lowest BCUT2D eigenvalue weighted by atomic mass is 10.1. The standard InChI is InChI=1S/C17H21N3O/c1-2-18-17(16-10-6-7-13-21-16)15-11-12-20(19-15)14-8-4-3-5-9-14/h3-5,8-12,17-18H,2,6-7,13H2,1H3. The Labute approximate surface area is 125 Å². The first kappa shape index (κ1) is 13.9. The largest absolute Gasteiger partial charge is 0.496 e. The molecule has 4 nitrogen and oxygen atoms in total. The fourth-order valence-electron chi connectivity index (χ4n) is 2.55. The summed E-state index contributed by atoms with van der Waals surface area (Å²) in [6, 6.07) is 12.2. The van der Waals surface area contributed by atoms with E-state index in [-0.39, 0.29) is 6.04 Å². The lowest BCUT2D eigenvalue weighted by Gasteiger charge is -2.23. The first-order chi connectivity index (χ1) is 10.4. The number of ether oxygens (including phenoxy) is 1. The molecule has 1 atom stereocenters. The zero-order chi connectivity index (χ0) is 14.5. The van der Waals surface area contributed by atoms with Crippen LogP contribution in [0.3, 0.4) is 0 Å². The summed E-state index contributed by atoms with van der Waals surface area (Å²) in [7, 11) is 0. The molecule has 0 saturated carbocycles. The SMILES string of the molecule is CCNC(C1=CCCCO1)c1ccn(-c2ccccc2)n1. The zero-order valence-corrected chi connectivity index (χ0v) is 12.3. The van der Waals surface area contributed by atoms with Crippen molar-refractivity contribution in [1.29, 1.82) is 0 Å². The van der Waals surface area contributed by atoms with Crippen LogP contribution in [-0.4, -0.2) is 22.9 Å². The quantitative estimate of drug-likeness (QED) is 0.915. The minimum absolute atomic E-state index is 0.0419. The molecule has 0 saturated heterocycles. The summed E-state index contributed by atoms with van der Waals surface area (Å²) >= 11 is 0. The summed E-state index contributed by atoms with van der Waals surface area (Å²) in [6.45, 7) is 3.78. The van der Waals surface area contributed by atoms with Crippen LogP contribution in [0.15, 0.2) is 54.4 Å². The molecule has 1 aliphatic rings. The van der Waals surface area contributed by atoms with Crippen LogP contribution < -0.4 is 5.32 Å². The normalized spacial score (nSPS) is 16.1. The lowest BCUT2D eigenvalue weighted by Crippen LogP contribution is -2.25. The van der Waals surface area contributed by atoms with Gasteiger partial charge in [-0.1, -0.05) is 25.1 Å². The van der Waals surface area contributed by atoms with Crippen molar-refractivity contribution in [2.24, 2.45) is 0 Å². The summed E-state index contributed by atoms with van der Waals surface area (Å²) in [4.78, 5) is 0. The smallest absolute Gasteiger partial charge is 0.115 e. The van der Waals surface area contributed by atoms with E-state index in [2.05, 4.69) is 36.5 Å². The number of hydrogen-bond acceptors (Lipinski definition) is 3. The molecule has 4 heteroatoms. The van der Waals surface area contributed by atoms with Gasteiger partial charge in [0.15, 0.2) is 0 Å². The third-order valence-corrected chi connectivity index (χ3v) is 3.58. The molecule has 3 rings (SSSR count). The van der Waals surface area contributed by atoms with Crippen molar-refractivity contribution in [3.05, 3.63) is 60.1 Å². The van der Waals surface area contributed by atoms with Gasteiger partial charge in [0.05, 0.1) is 18.0 Å². The minimum Gasteiger partial charge on any atom is -0.496 e. The first-order valence-electron chi connectivity index (χ1n) is 7.55. The van der Waals surface area contributed by atoms with E-state index in [0.717, 1.165) is 43.1 Å². The van der Waals surface area contributed by atoms with Crippen molar-refractivity contribution in [2.75, 3.05) is 13.2 Å². The van der Waals surface area contributed by atoms with Gasteiger partial charge in [-0.3, -0.25) is 0 Å². The van der Waals surface area contributed by atoms with Gasteiger partial charge in [0.2, 0.25) is 0 Å². The topological polar surface area (TPSA) is 39.1 Å². The molecular formula is C17H21N3O. The van der Waals surface area contributed by atoms with Crippen LogP contribution in [0.4, 0.5) is 0 Å². The van der Waals surface area contributed by atoms with Crippen LogP contribution in [0.25, 0.3) is 5.69 Å². The minimum atomic E-state index is 0.0419. The average Bonchev–Trinajstić information content (AvgIpc) is 3.04. The molecule has 1 aromatic carbocycles. The zero-order valence-electron chi connectivity index (χ0n) is 12.3. The molecule has 1 aliphatic heterocycles. The molecule has 21 heavy (non-hydrogen) atoms. The number of hydrogen-bond donors (Lipinski definition) is 1. The van der Waals surface area contributed by atoms with Gasteiger partial charge < -0.3 is 10.1 Å². The Kier molecular flexibility index (Phi) is 4.36. The fraction of sp³-hybridized carbons (Fsp3) is 0.353. The van der Waals surface area contributed by atoms with Crippen LogP contribution >= 0.6 is 0 Å². The monoisotopic (exact) mass is 283 g/mol. The molecule has 0 amide bonds. The van der Waals surface area contributed by atoms with E-state index in [1.807, 2.05) is 29.1 Å². The number of likely N-dealkylation sites (N-methyl/N-ethyl adjacent to an activating group) is 1. The second-order valence-corrected chi connectivity index (χ2v) is 5.11. The van der Waals surface area contributed by atoms with Crippen LogP contribution in [0, 0.1) is 0 Å². The molecular weight excluding hydrogens is 262 g/mol. The highest BCUT2D eigenvalue weighted by molar-refractivity contribution is 5.31. The lowest BCUT2D eigenvalue weighted by molar-refractivity contribution is 0.167. The second-order valence-electron chi connectivity index (χ2n) is 5.11. The van der Waals surface area contributed by atoms with Crippen molar-refractivity contribution >= 4 is 0 Å². The van der Waals surface area contributed by atoms with E-state index in [1.54, 1.807) is 0 Å². The van der Waals surface area contributed by atoms with Crippen molar-refractivity contribution in [1.82, 2.24) is 15.1 Å². The van der Waals surface area contributed by atoms with E-state index >= 15 is 0 Å². The first-order valence-corrected chi connectivity index (χ1v) is 7.55. The van der Waals surface area contributed by atoms with Gasteiger partial charge in [0.1, 0.15) is 11.8 Å². The summed E-state index contributed by atoms with van der Waals surface area (Å²) in [5.41, 5.74) is 2.06. The predicted octanol–water partition coefficient (Wildman–Crippen LogP) is 3.22. The van der Waals surface area contributed by atoms with Gasteiger partial charge in [0.25, 0.3) is 0 Å². The van der Waals surface area contributed by atoms with Gasteiger partial charge in [0, 0.05) is 6.20 Å². The second kappa shape index (κ2) is 6.59. The molecule has 0 spiro atoms. The molecule has 2 heterocycles. The fourth-order valence-corrected chi connectivity index (χ4v) is 2.55. The Bertz CT molecular complexity index is 604. The third-order valence-electron chi connectivity index (χ3n) is 3.58. The molecule has 0 radical (unpaired) electrons. The molecule has 1 unspecified atom stereocenters. The van der Waals surface area contributed by atoms with Crippen LogP contribution in [0.5, 0.6) is 0 Å². The van der Waals surface area contributed by atoms with Crippen LogP contribution in [0.1, 0.15) is 31.5 Å². The highest BCUT2D eigenvalue weighted by Gasteiger charge is 2.21. The van der Waals surface area contributed by atoms with Gasteiger partial charge in [-0.15, -0.1) is 0 Å². The molecule has 0 bridgehead atoms. The van der Waals surface area contributed by atoms with E-state index in [1.165, 1.54) is 0 Å². The average molecular weight is 283 g/mol. The third kappa shape index (κ3) is 3.16. The van der Waals surface area contributed by atoms with Gasteiger partial charge in [-0.2, -0.15) is 5.10 Å². The number of benzene rings is 1. The number of nitrogens with zero attached hydrogens (tertiary/aromatic N) is 2. The number of aromatic nitrogens is 2. The van der Waals surface area contributed by atoms with Crippen molar-refractivity contribution in [3.63, 3.8) is 0 Å². The number of para-hydroxylation sites is 1. The maximum absolute atomic E-state index is 5.81. The Hall–Kier alpha value is -2.07. The van der Waals surface area contributed by atoms with Gasteiger partial charge in [-0.25, -0.2) is 4.68 Å². The van der Waals surface area contributed by atoms with E-state index in [9.17, 15) is 0 Å². The molecule has 1 N–H and O–H groups in total. The van der Waals surface area contributed by atoms with Crippen LogP contribution in [-0.2, 0) is 4.74 Å². The Morgan fingerprint density at radius 1 is 1.29 bits per heavy atom. The van der Waals surface area contributed by atoms with Crippen molar-refractivity contribution < 1.29 is 4.74 Å². The predicted molar refractivity (Wildman–Crippen MR) is 83.3 cm³/mol. The molecule has 1 aromatic heterocycles. The molecule has 110 valence electrons. The number of allylic oxidation sites excluding steroid dienone is 1. The maximum atomic E-state index is 5.81. The van der Waals surface area contributed by atoms with Gasteiger partial charge >= 0.3 is 0 Å². The summed E-state index contributed by atoms with van der Waals surface area (Å²) in [5, 5.41) is 8.17. The Balaban J connectivity index is 1.87. The molecule has 0 fully saturated rings. The van der Waals surface area contributed by atoms with Crippen molar-refractivity contribution in [3.8, 4) is 5.69 Å². The number of nitrogens with one attached hydrogen (secondary N) is 1. The Morgan fingerprint density at radius 2 is 2.14 bits per heavy atom. The highest BCUT2D eigenvalue weighted by Crippen LogP contribution is 2.25. The van der Waals surface area contributed by atoms with Gasteiger partial charge in [-0.05, 0) is 43.7 Å². The molecule has 0 aliphatic carbocycles. The molecule has 2 aromatic rings.